The van der Waals surface area contributed by atoms with Crippen LogP contribution >= 0.6 is 23.2 Å². The number of rotatable bonds is 4. The van der Waals surface area contributed by atoms with Crippen LogP contribution in [0.4, 0.5) is 11.4 Å². The predicted octanol–water partition coefficient (Wildman–Crippen LogP) is 4.12. The van der Waals surface area contributed by atoms with Gasteiger partial charge in [0.1, 0.15) is 11.5 Å². The highest BCUT2D eigenvalue weighted by atomic mass is 35.5. The second-order valence-corrected chi connectivity index (χ2v) is 6.38. The lowest BCUT2D eigenvalue weighted by molar-refractivity contribution is -0.118. The maximum absolute atomic E-state index is 12.5. The average molecular weight is 392 g/mol. The third-order valence-electron chi connectivity index (χ3n) is 3.78. The molecule has 0 atom stereocenters. The zero-order valence-electron chi connectivity index (χ0n) is 13.8. The van der Waals surface area contributed by atoms with Gasteiger partial charge in [-0.1, -0.05) is 23.2 Å². The first-order valence-electron chi connectivity index (χ1n) is 7.79. The zero-order valence-corrected chi connectivity index (χ0v) is 15.3. The minimum atomic E-state index is -0.391. The summed E-state index contributed by atoms with van der Waals surface area (Å²) >= 11 is 11.9. The van der Waals surface area contributed by atoms with Crippen molar-refractivity contribution in [2.45, 2.75) is 12.8 Å². The molecule has 0 aromatic heterocycles. The molecule has 26 heavy (non-hydrogen) atoms. The number of ether oxygens (including phenoxy) is 1. The molecule has 2 aromatic carbocycles. The molecule has 8 heteroatoms. The van der Waals surface area contributed by atoms with Gasteiger partial charge in [-0.3, -0.25) is 9.59 Å². The number of nitrogens with zero attached hydrogens (tertiary/aromatic N) is 2. The molecule has 2 amide bonds. The van der Waals surface area contributed by atoms with Crippen LogP contribution in [0.5, 0.6) is 5.75 Å². The van der Waals surface area contributed by atoms with Gasteiger partial charge in [0.2, 0.25) is 5.91 Å². The van der Waals surface area contributed by atoms with Gasteiger partial charge in [0.05, 0.1) is 17.8 Å². The first kappa shape index (κ1) is 18.2. The Morgan fingerprint density at radius 2 is 1.88 bits per heavy atom. The summed E-state index contributed by atoms with van der Waals surface area (Å²) in [5.41, 5.74) is 1.32. The molecule has 0 bridgehead atoms. The number of hydrogen-bond acceptors (Lipinski definition) is 4. The highest BCUT2D eigenvalue weighted by Gasteiger charge is 2.25. The lowest BCUT2D eigenvalue weighted by Gasteiger charge is -2.23. The molecule has 0 saturated carbocycles. The Labute approximate surface area is 160 Å². The van der Waals surface area contributed by atoms with E-state index in [2.05, 4.69) is 10.4 Å². The molecule has 0 saturated heterocycles. The van der Waals surface area contributed by atoms with E-state index in [-0.39, 0.29) is 24.5 Å². The lowest BCUT2D eigenvalue weighted by Crippen LogP contribution is -2.36. The third-order valence-corrected chi connectivity index (χ3v) is 4.32. The minimum Gasteiger partial charge on any atom is -0.495 e. The fraction of sp³-hybridized carbons (Fsp3) is 0.167. The van der Waals surface area contributed by atoms with Gasteiger partial charge in [0.25, 0.3) is 5.91 Å². The van der Waals surface area contributed by atoms with E-state index in [1.165, 1.54) is 12.1 Å². The molecule has 6 nitrogen and oxygen atoms in total. The number of carbonyl (C=O) groups excluding carboxylic acids is 2. The minimum absolute atomic E-state index is 0.184. The maximum Gasteiger partial charge on any atom is 0.271 e. The van der Waals surface area contributed by atoms with Crippen molar-refractivity contribution < 1.29 is 14.3 Å². The van der Waals surface area contributed by atoms with Gasteiger partial charge in [-0.25, -0.2) is 5.01 Å². The van der Waals surface area contributed by atoms with E-state index in [9.17, 15) is 9.59 Å². The summed E-state index contributed by atoms with van der Waals surface area (Å²) in [6.45, 7) is 0. The Bertz CT molecular complexity index is 882. The van der Waals surface area contributed by atoms with Crippen molar-refractivity contribution in [2.24, 2.45) is 5.10 Å². The molecular weight excluding hydrogens is 377 g/mol. The van der Waals surface area contributed by atoms with Crippen molar-refractivity contribution in [1.29, 1.82) is 0 Å². The standard InChI is InChI=1S/C18H15Cl2N3O3/c1-26-16-8-4-12(10-14(16)20)21-18(25)15-7-9-17(24)23(22-15)13-5-2-11(19)3-6-13/h2-6,8,10H,7,9H2,1H3,(H,21,25). The van der Waals surface area contributed by atoms with Crippen LogP contribution in [0.15, 0.2) is 47.6 Å². The molecule has 0 unspecified atom stereocenters. The molecule has 0 aliphatic carbocycles. The van der Waals surface area contributed by atoms with Gasteiger partial charge in [-0.2, -0.15) is 5.10 Å². The van der Waals surface area contributed by atoms with Crippen LogP contribution in [0.1, 0.15) is 12.8 Å². The molecule has 1 aliphatic heterocycles. The molecule has 1 N–H and O–H groups in total. The van der Waals surface area contributed by atoms with E-state index < -0.39 is 5.91 Å². The molecule has 0 radical (unpaired) electrons. The molecule has 3 rings (SSSR count). The summed E-state index contributed by atoms with van der Waals surface area (Å²) in [5, 5.41) is 9.09. The van der Waals surface area contributed by atoms with Crippen LogP contribution in [0.3, 0.4) is 0 Å². The highest BCUT2D eigenvalue weighted by molar-refractivity contribution is 6.44. The second-order valence-electron chi connectivity index (χ2n) is 5.53. The monoisotopic (exact) mass is 391 g/mol. The summed E-state index contributed by atoms with van der Waals surface area (Å²) < 4.78 is 5.08. The van der Waals surface area contributed by atoms with Gasteiger partial charge in [0, 0.05) is 23.6 Å². The van der Waals surface area contributed by atoms with Gasteiger partial charge in [-0.05, 0) is 42.5 Å². The Morgan fingerprint density at radius 1 is 1.15 bits per heavy atom. The van der Waals surface area contributed by atoms with E-state index in [0.717, 1.165) is 0 Å². The quantitative estimate of drug-likeness (QED) is 0.851. The fourth-order valence-corrected chi connectivity index (χ4v) is 2.83. The second kappa shape index (κ2) is 7.76. The summed E-state index contributed by atoms with van der Waals surface area (Å²) in [7, 11) is 1.51. The van der Waals surface area contributed by atoms with E-state index in [1.807, 2.05) is 0 Å². The average Bonchev–Trinajstić information content (AvgIpc) is 2.63. The number of hydrazone groups is 1. The number of benzene rings is 2. The smallest absolute Gasteiger partial charge is 0.271 e. The highest BCUT2D eigenvalue weighted by Crippen LogP contribution is 2.27. The van der Waals surface area contributed by atoms with Crippen LogP contribution in [-0.2, 0) is 9.59 Å². The number of anilines is 2. The van der Waals surface area contributed by atoms with Gasteiger partial charge < -0.3 is 10.1 Å². The number of hydrogen-bond donors (Lipinski definition) is 1. The van der Waals surface area contributed by atoms with Crippen LogP contribution < -0.4 is 15.1 Å². The maximum atomic E-state index is 12.5. The van der Waals surface area contributed by atoms with E-state index in [4.69, 9.17) is 27.9 Å². The van der Waals surface area contributed by atoms with Crippen molar-refractivity contribution >= 4 is 52.1 Å². The molecular formula is C18H15Cl2N3O3. The van der Waals surface area contributed by atoms with Crippen molar-refractivity contribution in [1.82, 2.24) is 0 Å². The van der Waals surface area contributed by atoms with Crippen molar-refractivity contribution in [3.63, 3.8) is 0 Å². The van der Waals surface area contributed by atoms with Crippen molar-refractivity contribution in [3.05, 3.63) is 52.5 Å². The summed E-state index contributed by atoms with van der Waals surface area (Å²) in [6, 6.07) is 11.6. The van der Waals surface area contributed by atoms with Crippen molar-refractivity contribution in [3.8, 4) is 5.75 Å². The molecule has 0 fully saturated rings. The lowest BCUT2D eigenvalue weighted by atomic mass is 10.1. The number of nitrogens with one attached hydrogen (secondary N) is 1. The van der Waals surface area contributed by atoms with Crippen LogP contribution in [0.2, 0.25) is 10.0 Å². The Balaban J connectivity index is 1.80. The topological polar surface area (TPSA) is 71.0 Å². The number of methoxy groups -OCH3 is 1. The van der Waals surface area contributed by atoms with Gasteiger partial charge in [0.15, 0.2) is 0 Å². The molecule has 1 heterocycles. The van der Waals surface area contributed by atoms with Crippen LogP contribution in [-0.4, -0.2) is 24.6 Å². The van der Waals surface area contributed by atoms with Crippen LogP contribution in [0.25, 0.3) is 0 Å². The first-order chi connectivity index (χ1) is 12.5. The Hall–Kier alpha value is -2.57. The SMILES string of the molecule is COc1ccc(NC(=O)C2=NN(c3ccc(Cl)cc3)C(=O)CC2)cc1Cl. The summed E-state index contributed by atoms with van der Waals surface area (Å²) in [4.78, 5) is 24.6. The Morgan fingerprint density at radius 3 is 2.54 bits per heavy atom. The molecule has 0 spiro atoms. The van der Waals surface area contributed by atoms with Crippen LogP contribution in [0, 0.1) is 0 Å². The normalized spacial score (nSPS) is 14.0. The zero-order chi connectivity index (χ0) is 18.7. The fourth-order valence-electron chi connectivity index (χ4n) is 2.45. The molecule has 2 aromatic rings. The number of amides is 2. The van der Waals surface area contributed by atoms with Gasteiger partial charge >= 0.3 is 0 Å². The summed E-state index contributed by atoms with van der Waals surface area (Å²) in [5.74, 6) is -0.0618. The Kier molecular flexibility index (Phi) is 5.44. The molecule has 134 valence electrons. The van der Waals surface area contributed by atoms with E-state index in [0.29, 0.717) is 27.2 Å². The summed E-state index contributed by atoms with van der Waals surface area (Å²) in [6.07, 6.45) is 0.455. The first-order valence-corrected chi connectivity index (χ1v) is 8.54. The van der Waals surface area contributed by atoms with Gasteiger partial charge in [-0.15, -0.1) is 0 Å². The third kappa shape index (κ3) is 3.98. The van der Waals surface area contributed by atoms with E-state index in [1.54, 1.807) is 42.5 Å². The molecule has 1 aliphatic rings. The number of halogens is 2. The largest absolute Gasteiger partial charge is 0.495 e. The van der Waals surface area contributed by atoms with E-state index >= 15 is 0 Å². The predicted molar refractivity (Wildman–Crippen MR) is 102 cm³/mol. The van der Waals surface area contributed by atoms with Crippen molar-refractivity contribution in [2.75, 3.05) is 17.4 Å². The number of carbonyl (C=O) groups is 2.